The maximum Gasteiger partial charge on any atom is 0.265 e. The van der Waals surface area contributed by atoms with Gasteiger partial charge in [-0.3, -0.25) is 9.40 Å². The van der Waals surface area contributed by atoms with Crippen LogP contribution in [0.25, 0.3) is 0 Å². The highest BCUT2D eigenvalue weighted by Gasteiger charge is 2.17. The SMILES string of the molecule is O=S(=O)(Nc1ccc(Cl)c(Br)c1)c1cnn(CCCO)c1. The van der Waals surface area contributed by atoms with Gasteiger partial charge in [-0.15, -0.1) is 0 Å². The number of aryl methyl sites for hydroxylation is 1. The third-order valence-corrected chi connectivity index (χ3v) is 5.19. The molecule has 1 heterocycles. The summed E-state index contributed by atoms with van der Waals surface area (Å²) < 4.78 is 29.0. The number of rotatable bonds is 6. The highest BCUT2D eigenvalue weighted by molar-refractivity contribution is 9.10. The van der Waals surface area contributed by atoms with E-state index >= 15 is 0 Å². The molecule has 0 saturated carbocycles. The fourth-order valence-corrected chi connectivity index (χ4v) is 3.11. The van der Waals surface area contributed by atoms with E-state index in [1.165, 1.54) is 17.1 Å². The van der Waals surface area contributed by atoms with Crippen LogP contribution in [0.15, 0.2) is 40.0 Å². The van der Waals surface area contributed by atoms with Crippen LogP contribution in [-0.4, -0.2) is 29.9 Å². The van der Waals surface area contributed by atoms with Crippen molar-refractivity contribution in [3.8, 4) is 0 Å². The summed E-state index contributed by atoms with van der Waals surface area (Å²) in [6.45, 7) is 0.484. The molecule has 0 aliphatic heterocycles. The lowest BCUT2D eigenvalue weighted by Crippen LogP contribution is -2.12. The van der Waals surface area contributed by atoms with Crippen molar-refractivity contribution in [2.45, 2.75) is 17.9 Å². The molecule has 6 nitrogen and oxygen atoms in total. The minimum atomic E-state index is -3.71. The first-order valence-corrected chi connectivity index (χ1v) is 8.69. The van der Waals surface area contributed by atoms with Crippen molar-refractivity contribution in [2.75, 3.05) is 11.3 Å². The molecule has 1 aromatic heterocycles. The maximum absolute atomic E-state index is 12.2. The molecule has 21 heavy (non-hydrogen) atoms. The Bertz CT molecular complexity index is 733. The number of hydrogen-bond acceptors (Lipinski definition) is 4. The van der Waals surface area contributed by atoms with Crippen molar-refractivity contribution in [3.05, 3.63) is 40.1 Å². The molecular formula is C12H13BrClN3O3S. The van der Waals surface area contributed by atoms with Gasteiger partial charge in [-0.2, -0.15) is 5.10 Å². The minimum absolute atomic E-state index is 0.0268. The van der Waals surface area contributed by atoms with Crippen LogP contribution in [0.1, 0.15) is 6.42 Å². The van der Waals surface area contributed by atoms with Crippen LogP contribution >= 0.6 is 27.5 Å². The Morgan fingerprint density at radius 2 is 2.19 bits per heavy atom. The van der Waals surface area contributed by atoms with Crippen molar-refractivity contribution in [3.63, 3.8) is 0 Å². The predicted molar refractivity (Wildman–Crippen MR) is 83.9 cm³/mol. The molecule has 114 valence electrons. The average Bonchev–Trinajstić information content (AvgIpc) is 2.90. The van der Waals surface area contributed by atoms with E-state index in [4.69, 9.17) is 16.7 Å². The number of aliphatic hydroxyl groups excluding tert-OH is 1. The van der Waals surface area contributed by atoms with Crippen LogP contribution in [0.3, 0.4) is 0 Å². The monoisotopic (exact) mass is 393 g/mol. The van der Waals surface area contributed by atoms with Gasteiger partial charge in [-0.25, -0.2) is 8.42 Å². The standard InChI is InChI=1S/C12H13BrClN3O3S/c13-11-6-9(2-3-12(11)14)16-21(19,20)10-7-15-17(8-10)4-1-5-18/h2-3,6-8,16,18H,1,4-5H2. The zero-order valence-electron chi connectivity index (χ0n) is 10.8. The summed E-state index contributed by atoms with van der Waals surface area (Å²) in [7, 11) is -3.71. The molecule has 1 aromatic carbocycles. The lowest BCUT2D eigenvalue weighted by Gasteiger charge is -2.07. The van der Waals surface area contributed by atoms with Gasteiger partial charge in [0.25, 0.3) is 10.0 Å². The van der Waals surface area contributed by atoms with Crippen LogP contribution in [0.5, 0.6) is 0 Å². The summed E-state index contributed by atoms with van der Waals surface area (Å²) in [5, 5.41) is 13.2. The second-order valence-electron chi connectivity index (χ2n) is 4.25. The van der Waals surface area contributed by atoms with Crippen molar-refractivity contribution in [2.24, 2.45) is 0 Å². The number of sulfonamides is 1. The summed E-state index contributed by atoms with van der Waals surface area (Å²) in [6.07, 6.45) is 3.20. The fourth-order valence-electron chi connectivity index (χ4n) is 1.61. The van der Waals surface area contributed by atoms with E-state index in [1.807, 2.05) is 0 Å². The number of aliphatic hydroxyl groups is 1. The lowest BCUT2D eigenvalue weighted by molar-refractivity contribution is 0.277. The van der Waals surface area contributed by atoms with Crippen LogP contribution in [0.4, 0.5) is 5.69 Å². The zero-order valence-corrected chi connectivity index (χ0v) is 14.0. The Kier molecular flexibility index (Phi) is 5.26. The van der Waals surface area contributed by atoms with Gasteiger partial charge in [-0.05, 0) is 40.5 Å². The van der Waals surface area contributed by atoms with Gasteiger partial charge >= 0.3 is 0 Å². The third-order valence-electron chi connectivity index (χ3n) is 2.64. The number of anilines is 1. The Morgan fingerprint density at radius 3 is 2.86 bits per heavy atom. The minimum Gasteiger partial charge on any atom is -0.396 e. The Balaban J connectivity index is 2.17. The van der Waals surface area contributed by atoms with Crippen molar-refractivity contribution < 1.29 is 13.5 Å². The molecule has 9 heteroatoms. The molecule has 0 saturated heterocycles. The maximum atomic E-state index is 12.2. The smallest absolute Gasteiger partial charge is 0.265 e. The zero-order chi connectivity index (χ0) is 15.5. The van der Waals surface area contributed by atoms with Crippen molar-refractivity contribution >= 4 is 43.2 Å². The molecule has 0 bridgehead atoms. The molecule has 0 atom stereocenters. The van der Waals surface area contributed by atoms with Gasteiger partial charge in [0.2, 0.25) is 0 Å². The summed E-state index contributed by atoms with van der Waals surface area (Å²) in [6, 6.07) is 4.74. The molecule has 0 fully saturated rings. The number of hydrogen-bond donors (Lipinski definition) is 2. The molecule has 0 unspecified atom stereocenters. The van der Waals surface area contributed by atoms with E-state index in [2.05, 4.69) is 25.8 Å². The first-order chi connectivity index (χ1) is 9.92. The van der Waals surface area contributed by atoms with E-state index in [0.29, 0.717) is 28.1 Å². The van der Waals surface area contributed by atoms with Gasteiger partial charge in [0, 0.05) is 23.8 Å². The third kappa shape index (κ3) is 4.19. The fraction of sp³-hybridized carbons (Fsp3) is 0.250. The number of nitrogens with one attached hydrogen (secondary N) is 1. The highest BCUT2D eigenvalue weighted by atomic mass is 79.9. The van der Waals surface area contributed by atoms with Gasteiger partial charge < -0.3 is 5.11 Å². The topological polar surface area (TPSA) is 84.2 Å². The first-order valence-electron chi connectivity index (χ1n) is 6.03. The number of benzene rings is 1. The van der Waals surface area contributed by atoms with E-state index in [9.17, 15) is 8.42 Å². The van der Waals surface area contributed by atoms with Crippen LogP contribution in [-0.2, 0) is 16.6 Å². The van der Waals surface area contributed by atoms with Gasteiger partial charge in [0.05, 0.1) is 16.9 Å². The van der Waals surface area contributed by atoms with Gasteiger partial charge in [-0.1, -0.05) is 11.6 Å². The molecule has 0 aliphatic carbocycles. The van der Waals surface area contributed by atoms with E-state index < -0.39 is 10.0 Å². The second-order valence-corrected chi connectivity index (χ2v) is 7.19. The largest absolute Gasteiger partial charge is 0.396 e. The number of aromatic nitrogens is 2. The number of halogens is 2. The summed E-state index contributed by atoms with van der Waals surface area (Å²) in [5.74, 6) is 0. The van der Waals surface area contributed by atoms with E-state index in [-0.39, 0.29) is 11.5 Å². The van der Waals surface area contributed by atoms with Crippen molar-refractivity contribution in [1.82, 2.24) is 9.78 Å². The van der Waals surface area contributed by atoms with Crippen LogP contribution < -0.4 is 4.72 Å². The van der Waals surface area contributed by atoms with Crippen molar-refractivity contribution in [1.29, 1.82) is 0 Å². The molecule has 2 rings (SSSR count). The summed E-state index contributed by atoms with van der Waals surface area (Å²) in [4.78, 5) is 0.0616. The lowest BCUT2D eigenvalue weighted by atomic mass is 10.3. The molecule has 2 N–H and O–H groups in total. The predicted octanol–water partition coefficient (Wildman–Crippen LogP) is 2.48. The number of nitrogens with zero attached hydrogens (tertiary/aromatic N) is 2. The second kappa shape index (κ2) is 6.78. The van der Waals surface area contributed by atoms with Gasteiger partial charge in [0.1, 0.15) is 4.90 Å². The molecule has 0 aliphatic rings. The highest BCUT2D eigenvalue weighted by Crippen LogP contribution is 2.26. The molecule has 2 aromatic rings. The van der Waals surface area contributed by atoms with Crippen LogP contribution in [0.2, 0.25) is 5.02 Å². The summed E-state index contributed by atoms with van der Waals surface area (Å²) >= 11 is 9.10. The summed E-state index contributed by atoms with van der Waals surface area (Å²) in [5.41, 5.74) is 0.398. The first kappa shape index (κ1) is 16.3. The molecule has 0 spiro atoms. The molecule has 0 radical (unpaired) electrons. The molecule has 0 amide bonds. The molecular weight excluding hydrogens is 382 g/mol. The Morgan fingerprint density at radius 1 is 1.43 bits per heavy atom. The average molecular weight is 395 g/mol. The Hall–Kier alpha value is -1.09. The van der Waals surface area contributed by atoms with Crippen LogP contribution in [0, 0.1) is 0 Å². The van der Waals surface area contributed by atoms with E-state index in [1.54, 1.807) is 18.2 Å². The van der Waals surface area contributed by atoms with Gasteiger partial charge in [0.15, 0.2) is 0 Å². The quantitative estimate of drug-likeness (QED) is 0.788. The Labute approximate surface area is 135 Å². The van der Waals surface area contributed by atoms with E-state index in [0.717, 1.165) is 0 Å². The normalized spacial score (nSPS) is 11.6.